The fourth-order valence-corrected chi connectivity index (χ4v) is 2.07. The fourth-order valence-electron chi connectivity index (χ4n) is 1.87. The summed E-state index contributed by atoms with van der Waals surface area (Å²) in [7, 11) is 1.36. The van der Waals surface area contributed by atoms with Gasteiger partial charge in [0.15, 0.2) is 6.29 Å². The second-order valence-electron chi connectivity index (χ2n) is 4.02. The Morgan fingerprint density at radius 2 is 2.17 bits per heavy atom. The minimum absolute atomic E-state index is 0.319. The first-order chi connectivity index (χ1) is 8.70. The van der Waals surface area contributed by atoms with E-state index in [-0.39, 0.29) is 12.3 Å². The Labute approximate surface area is 111 Å². The highest BCUT2D eigenvalue weighted by Crippen LogP contribution is 2.20. The number of hydrogen-bond donors (Lipinski definition) is 0. The fraction of sp³-hybridized carbons (Fsp3) is 0.462. The van der Waals surface area contributed by atoms with Crippen molar-refractivity contribution in [1.82, 2.24) is 0 Å². The molecule has 0 aliphatic carbocycles. The molecule has 18 heavy (non-hydrogen) atoms. The average Bonchev–Trinajstić information content (AvgIpc) is 2.39. The van der Waals surface area contributed by atoms with Crippen LogP contribution < -0.4 is 0 Å². The summed E-state index contributed by atoms with van der Waals surface area (Å²) in [5, 5.41) is 0.577. The number of methoxy groups -OCH3 is 1. The van der Waals surface area contributed by atoms with Gasteiger partial charge in [-0.25, -0.2) is 4.79 Å². The summed E-state index contributed by atoms with van der Waals surface area (Å²) in [5.74, 6) is -0.377. The Morgan fingerprint density at radius 1 is 1.44 bits per heavy atom. The van der Waals surface area contributed by atoms with E-state index in [9.17, 15) is 4.79 Å². The minimum atomic E-state index is -0.377. The first-order valence-electron chi connectivity index (χ1n) is 5.80. The Kier molecular flexibility index (Phi) is 4.58. The molecule has 0 N–H and O–H groups in total. The van der Waals surface area contributed by atoms with Crippen molar-refractivity contribution >= 4 is 17.6 Å². The highest BCUT2D eigenvalue weighted by atomic mass is 35.5. The molecule has 0 aromatic heterocycles. The number of carbonyl (C=O) groups excluding carboxylic acids is 1. The molecule has 0 unspecified atom stereocenters. The van der Waals surface area contributed by atoms with Gasteiger partial charge in [-0.1, -0.05) is 11.6 Å². The molecule has 4 nitrogen and oxygen atoms in total. The first kappa shape index (κ1) is 13.3. The Balaban J connectivity index is 2.18. The molecule has 5 heteroatoms. The molecule has 1 aliphatic rings. The molecule has 0 amide bonds. The smallest absolute Gasteiger partial charge is 0.338 e. The molecule has 0 saturated carbocycles. The zero-order valence-electron chi connectivity index (χ0n) is 10.1. The van der Waals surface area contributed by atoms with Gasteiger partial charge in [0.25, 0.3) is 0 Å². The molecule has 98 valence electrons. The zero-order chi connectivity index (χ0) is 13.0. The van der Waals surface area contributed by atoms with E-state index < -0.39 is 0 Å². The predicted octanol–water partition coefficient (Wildman–Crippen LogP) is 2.43. The standard InChI is InChI=1S/C13H15ClO4/c1-16-13(15)11-4-3-10(14)7-9(11)8-12-17-5-2-6-18-12/h3-4,7,12H,2,5-6,8H2,1H3. The number of rotatable bonds is 3. The lowest BCUT2D eigenvalue weighted by Gasteiger charge is -2.23. The van der Waals surface area contributed by atoms with Crippen LogP contribution in [0.2, 0.25) is 5.02 Å². The topological polar surface area (TPSA) is 44.8 Å². The third-order valence-electron chi connectivity index (χ3n) is 2.76. The van der Waals surface area contributed by atoms with Crippen molar-refractivity contribution in [2.24, 2.45) is 0 Å². The van der Waals surface area contributed by atoms with E-state index in [1.807, 2.05) is 0 Å². The third kappa shape index (κ3) is 3.22. The molecule has 1 aliphatic heterocycles. The maximum atomic E-state index is 11.6. The van der Waals surface area contributed by atoms with E-state index in [0.29, 0.717) is 30.2 Å². The summed E-state index contributed by atoms with van der Waals surface area (Å²) in [4.78, 5) is 11.6. The zero-order valence-corrected chi connectivity index (χ0v) is 10.9. The Bertz CT molecular complexity index is 427. The van der Waals surface area contributed by atoms with E-state index in [4.69, 9.17) is 25.8 Å². The lowest BCUT2D eigenvalue weighted by atomic mass is 10.0. The van der Waals surface area contributed by atoms with Crippen LogP contribution in [0.3, 0.4) is 0 Å². The van der Waals surface area contributed by atoms with E-state index in [1.165, 1.54) is 7.11 Å². The van der Waals surface area contributed by atoms with Crippen LogP contribution in [0.4, 0.5) is 0 Å². The van der Waals surface area contributed by atoms with Crippen molar-refractivity contribution in [3.8, 4) is 0 Å². The van der Waals surface area contributed by atoms with Crippen molar-refractivity contribution in [2.75, 3.05) is 20.3 Å². The molecule has 1 saturated heterocycles. The van der Waals surface area contributed by atoms with E-state index in [0.717, 1.165) is 12.0 Å². The number of hydrogen-bond acceptors (Lipinski definition) is 4. The van der Waals surface area contributed by atoms with Crippen molar-refractivity contribution in [1.29, 1.82) is 0 Å². The van der Waals surface area contributed by atoms with E-state index in [2.05, 4.69) is 0 Å². The van der Waals surface area contributed by atoms with E-state index >= 15 is 0 Å². The first-order valence-corrected chi connectivity index (χ1v) is 6.18. The average molecular weight is 271 g/mol. The van der Waals surface area contributed by atoms with Gasteiger partial charge in [-0.15, -0.1) is 0 Å². The molecule has 0 radical (unpaired) electrons. The Hall–Kier alpha value is -1.10. The summed E-state index contributed by atoms with van der Waals surface area (Å²) in [6, 6.07) is 5.07. The van der Waals surface area contributed by atoms with Crippen LogP contribution in [0.5, 0.6) is 0 Å². The highest BCUT2D eigenvalue weighted by Gasteiger charge is 2.19. The monoisotopic (exact) mass is 270 g/mol. The lowest BCUT2D eigenvalue weighted by molar-refractivity contribution is -0.176. The van der Waals surface area contributed by atoms with Crippen molar-refractivity contribution in [3.05, 3.63) is 34.3 Å². The van der Waals surface area contributed by atoms with Crippen LogP contribution in [0, 0.1) is 0 Å². The summed E-state index contributed by atoms with van der Waals surface area (Å²) >= 11 is 5.95. The van der Waals surface area contributed by atoms with Crippen LogP contribution in [0.15, 0.2) is 18.2 Å². The number of benzene rings is 1. The van der Waals surface area contributed by atoms with Gasteiger partial charge in [-0.2, -0.15) is 0 Å². The number of carbonyl (C=O) groups is 1. The van der Waals surface area contributed by atoms with Gasteiger partial charge in [0.05, 0.1) is 25.9 Å². The summed E-state index contributed by atoms with van der Waals surface area (Å²) in [5.41, 5.74) is 1.28. The molecule has 2 rings (SSSR count). The minimum Gasteiger partial charge on any atom is -0.465 e. The molecular formula is C13H15ClO4. The molecule has 0 atom stereocenters. The molecular weight excluding hydrogens is 256 g/mol. The maximum absolute atomic E-state index is 11.6. The van der Waals surface area contributed by atoms with E-state index in [1.54, 1.807) is 18.2 Å². The molecule has 1 fully saturated rings. The van der Waals surface area contributed by atoms with Crippen molar-refractivity contribution < 1.29 is 19.0 Å². The molecule has 0 spiro atoms. The third-order valence-corrected chi connectivity index (χ3v) is 2.99. The van der Waals surface area contributed by atoms with Gasteiger partial charge in [-0.05, 0) is 30.2 Å². The van der Waals surface area contributed by atoms with Gasteiger partial charge in [0.1, 0.15) is 0 Å². The van der Waals surface area contributed by atoms with Gasteiger partial charge in [0.2, 0.25) is 0 Å². The molecule has 1 aromatic carbocycles. The van der Waals surface area contributed by atoms with Crippen LogP contribution in [-0.2, 0) is 20.6 Å². The van der Waals surface area contributed by atoms with Crippen LogP contribution in [0.1, 0.15) is 22.3 Å². The van der Waals surface area contributed by atoms with Crippen molar-refractivity contribution in [2.45, 2.75) is 19.1 Å². The number of esters is 1. The highest BCUT2D eigenvalue weighted by molar-refractivity contribution is 6.30. The molecule has 0 bridgehead atoms. The summed E-state index contributed by atoms with van der Waals surface area (Å²) < 4.78 is 15.7. The van der Waals surface area contributed by atoms with Gasteiger partial charge < -0.3 is 14.2 Å². The molecule has 1 aromatic rings. The van der Waals surface area contributed by atoms with Crippen LogP contribution >= 0.6 is 11.6 Å². The second kappa shape index (κ2) is 6.18. The quantitative estimate of drug-likeness (QED) is 0.792. The van der Waals surface area contributed by atoms with Gasteiger partial charge in [-0.3, -0.25) is 0 Å². The van der Waals surface area contributed by atoms with Gasteiger partial charge in [0, 0.05) is 11.4 Å². The van der Waals surface area contributed by atoms with Crippen LogP contribution in [-0.4, -0.2) is 32.6 Å². The normalized spacial score (nSPS) is 16.6. The second-order valence-corrected chi connectivity index (χ2v) is 4.46. The lowest BCUT2D eigenvalue weighted by Crippen LogP contribution is -2.27. The number of halogens is 1. The summed E-state index contributed by atoms with van der Waals surface area (Å²) in [6.45, 7) is 1.36. The summed E-state index contributed by atoms with van der Waals surface area (Å²) in [6.07, 6.45) is 1.07. The largest absolute Gasteiger partial charge is 0.465 e. The SMILES string of the molecule is COC(=O)c1ccc(Cl)cc1CC1OCCCO1. The Morgan fingerprint density at radius 3 is 2.83 bits per heavy atom. The number of ether oxygens (including phenoxy) is 3. The molecule has 1 heterocycles. The van der Waals surface area contributed by atoms with Gasteiger partial charge >= 0.3 is 5.97 Å². The van der Waals surface area contributed by atoms with Crippen molar-refractivity contribution in [3.63, 3.8) is 0 Å². The predicted molar refractivity (Wildman–Crippen MR) is 66.8 cm³/mol. The maximum Gasteiger partial charge on any atom is 0.338 e. The van der Waals surface area contributed by atoms with Crippen LogP contribution in [0.25, 0.3) is 0 Å².